The molecular weight excluding hydrogens is 482 g/mol. The van der Waals surface area contributed by atoms with Gasteiger partial charge in [0.2, 0.25) is 5.28 Å². The molecule has 0 aliphatic carbocycles. The van der Waals surface area contributed by atoms with Crippen molar-refractivity contribution in [1.29, 1.82) is 0 Å². The first-order valence-electron chi connectivity index (χ1n) is 11.7. The van der Waals surface area contributed by atoms with Gasteiger partial charge in [-0.15, -0.1) is 11.3 Å². The molecule has 5 heteroatoms. The van der Waals surface area contributed by atoms with Crippen LogP contribution in [0.25, 0.3) is 64.8 Å². The van der Waals surface area contributed by atoms with Gasteiger partial charge in [0, 0.05) is 31.3 Å². The van der Waals surface area contributed by atoms with Crippen LogP contribution in [0, 0.1) is 0 Å². The molecule has 36 heavy (non-hydrogen) atoms. The highest BCUT2D eigenvalue weighted by Crippen LogP contribution is 2.39. The lowest BCUT2D eigenvalue weighted by Gasteiger charge is -2.10. The van der Waals surface area contributed by atoms with Crippen molar-refractivity contribution >= 4 is 53.9 Å². The fourth-order valence-corrected chi connectivity index (χ4v) is 6.17. The van der Waals surface area contributed by atoms with E-state index in [0.717, 1.165) is 26.6 Å². The van der Waals surface area contributed by atoms with Crippen molar-refractivity contribution in [3.8, 4) is 33.9 Å². The largest absolute Gasteiger partial charge is 0.226 e. The lowest BCUT2D eigenvalue weighted by atomic mass is 9.98. The maximum Gasteiger partial charge on any atom is 0.226 e. The van der Waals surface area contributed by atoms with Gasteiger partial charge in [0.25, 0.3) is 0 Å². The summed E-state index contributed by atoms with van der Waals surface area (Å²) in [7, 11) is 0. The van der Waals surface area contributed by atoms with Gasteiger partial charge < -0.3 is 0 Å². The van der Waals surface area contributed by atoms with Crippen molar-refractivity contribution in [2.24, 2.45) is 0 Å². The predicted molar refractivity (Wildman–Crippen MR) is 152 cm³/mol. The van der Waals surface area contributed by atoms with Gasteiger partial charge in [0.1, 0.15) is 0 Å². The third kappa shape index (κ3) is 3.54. The molecule has 3 nitrogen and oxygen atoms in total. The minimum absolute atomic E-state index is 0.186. The standard InChI is InChI=1S/C31H18ClN3S/c32-31-34-29(25-13-6-10-21-18-20(16-17-22(21)25)19-8-2-1-3-9-19)33-30(35-31)26-14-7-12-24-23-11-4-5-15-27(23)36-28(24)26/h1-18H. The summed E-state index contributed by atoms with van der Waals surface area (Å²) in [6.07, 6.45) is 0. The molecule has 170 valence electrons. The average molecular weight is 500 g/mol. The number of fused-ring (bicyclic) bond motifs is 4. The van der Waals surface area contributed by atoms with Crippen molar-refractivity contribution in [2.45, 2.75) is 0 Å². The zero-order valence-corrected chi connectivity index (χ0v) is 20.6. The molecule has 0 atom stereocenters. The number of nitrogens with zero attached hydrogens (tertiary/aromatic N) is 3. The van der Waals surface area contributed by atoms with Crippen LogP contribution in [0.1, 0.15) is 0 Å². The number of halogens is 1. The predicted octanol–water partition coefficient (Wildman–Crippen LogP) is 9.05. The Morgan fingerprint density at radius 3 is 2.14 bits per heavy atom. The fourth-order valence-electron chi connectivity index (χ4n) is 4.80. The summed E-state index contributed by atoms with van der Waals surface area (Å²) in [5.41, 5.74) is 4.25. The summed E-state index contributed by atoms with van der Waals surface area (Å²) in [5.74, 6) is 1.15. The van der Waals surface area contributed by atoms with Gasteiger partial charge in [-0.2, -0.15) is 9.97 Å². The van der Waals surface area contributed by atoms with Crippen molar-refractivity contribution in [3.05, 3.63) is 114 Å². The lowest BCUT2D eigenvalue weighted by Crippen LogP contribution is -1.98. The van der Waals surface area contributed by atoms with Crippen LogP contribution in [-0.2, 0) is 0 Å². The molecular formula is C31H18ClN3S. The number of benzene rings is 5. The van der Waals surface area contributed by atoms with Crippen LogP contribution >= 0.6 is 22.9 Å². The second-order valence-electron chi connectivity index (χ2n) is 8.64. The summed E-state index contributed by atoms with van der Waals surface area (Å²) < 4.78 is 2.39. The van der Waals surface area contributed by atoms with Crippen LogP contribution in [0.5, 0.6) is 0 Å². The second kappa shape index (κ2) is 8.52. The van der Waals surface area contributed by atoms with Crippen molar-refractivity contribution in [2.75, 3.05) is 0 Å². The van der Waals surface area contributed by atoms with Crippen LogP contribution in [-0.4, -0.2) is 15.0 Å². The normalized spacial score (nSPS) is 11.5. The molecule has 2 heterocycles. The van der Waals surface area contributed by atoms with Crippen LogP contribution in [0.4, 0.5) is 0 Å². The van der Waals surface area contributed by atoms with Gasteiger partial charge in [0.15, 0.2) is 11.6 Å². The van der Waals surface area contributed by atoms with E-state index in [9.17, 15) is 0 Å². The minimum atomic E-state index is 0.186. The lowest BCUT2D eigenvalue weighted by molar-refractivity contribution is 1.07. The van der Waals surface area contributed by atoms with Crippen molar-refractivity contribution in [3.63, 3.8) is 0 Å². The van der Waals surface area contributed by atoms with E-state index in [1.54, 1.807) is 11.3 Å². The average Bonchev–Trinajstić information content (AvgIpc) is 3.31. The summed E-state index contributed by atoms with van der Waals surface area (Å²) in [5, 5.41) is 4.82. The number of rotatable bonds is 3. The molecule has 0 bridgehead atoms. The van der Waals surface area contributed by atoms with Gasteiger partial charge in [-0.25, -0.2) is 4.98 Å². The minimum Gasteiger partial charge on any atom is -0.208 e. The Bertz CT molecular complexity index is 1910. The smallest absolute Gasteiger partial charge is 0.208 e. The molecule has 0 radical (unpaired) electrons. The number of hydrogen-bond donors (Lipinski definition) is 0. The first kappa shape index (κ1) is 21.2. The topological polar surface area (TPSA) is 38.7 Å². The highest BCUT2D eigenvalue weighted by atomic mass is 35.5. The maximum absolute atomic E-state index is 6.48. The summed E-state index contributed by atoms with van der Waals surface area (Å²) in [6.45, 7) is 0. The molecule has 0 spiro atoms. The highest BCUT2D eigenvalue weighted by Gasteiger charge is 2.16. The quantitative estimate of drug-likeness (QED) is 0.243. The van der Waals surface area contributed by atoms with Crippen LogP contribution < -0.4 is 0 Å². The van der Waals surface area contributed by atoms with E-state index in [1.807, 2.05) is 18.2 Å². The fraction of sp³-hybridized carbons (Fsp3) is 0. The van der Waals surface area contributed by atoms with Gasteiger partial charge in [-0.1, -0.05) is 91.0 Å². The third-order valence-electron chi connectivity index (χ3n) is 6.48. The highest BCUT2D eigenvalue weighted by molar-refractivity contribution is 7.26. The van der Waals surface area contributed by atoms with Crippen LogP contribution in [0.2, 0.25) is 5.28 Å². The maximum atomic E-state index is 6.48. The summed E-state index contributed by atoms with van der Waals surface area (Å²) in [4.78, 5) is 14.0. The Balaban J connectivity index is 1.40. The molecule has 0 saturated carbocycles. The van der Waals surface area contributed by atoms with Crippen LogP contribution in [0.15, 0.2) is 109 Å². The van der Waals surface area contributed by atoms with E-state index in [4.69, 9.17) is 16.6 Å². The molecule has 0 unspecified atom stereocenters. The molecule has 0 amide bonds. The Morgan fingerprint density at radius 1 is 0.528 bits per heavy atom. The van der Waals surface area contributed by atoms with Gasteiger partial charge >= 0.3 is 0 Å². The Labute approximate surface area is 216 Å². The van der Waals surface area contributed by atoms with E-state index in [0.29, 0.717) is 11.6 Å². The molecule has 7 aromatic rings. The van der Waals surface area contributed by atoms with Crippen molar-refractivity contribution < 1.29 is 0 Å². The molecule has 0 aliphatic heterocycles. The van der Waals surface area contributed by atoms with E-state index in [1.165, 1.54) is 26.6 Å². The Hall–Kier alpha value is -4.12. The molecule has 5 aromatic carbocycles. The number of hydrogen-bond acceptors (Lipinski definition) is 4. The molecule has 0 N–H and O–H groups in total. The second-order valence-corrected chi connectivity index (χ2v) is 10.0. The number of thiophene rings is 1. The van der Waals surface area contributed by atoms with E-state index in [2.05, 4.69) is 101 Å². The van der Waals surface area contributed by atoms with Gasteiger partial charge in [0.05, 0.1) is 0 Å². The monoisotopic (exact) mass is 499 g/mol. The SMILES string of the molecule is Clc1nc(-c2cccc3cc(-c4ccccc4)ccc23)nc(-c2cccc3c2sc2ccccc23)n1. The first-order valence-corrected chi connectivity index (χ1v) is 12.8. The molecule has 0 aliphatic rings. The van der Waals surface area contributed by atoms with Gasteiger partial charge in [-0.05, 0) is 51.7 Å². The molecule has 2 aromatic heterocycles. The van der Waals surface area contributed by atoms with E-state index in [-0.39, 0.29) is 5.28 Å². The zero-order valence-electron chi connectivity index (χ0n) is 19.0. The van der Waals surface area contributed by atoms with E-state index >= 15 is 0 Å². The summed E-state index contributed by atoms with van der Waals surface area (Å²) >= 11 is 8.23. The zero-order chi connectivity index (χ0) is 24.1. The molecule has 7 rings (SSSR count). The molecule has 0 saturated heterocycles. The third-order valence-corrected chi connectivity index (χ3v) is 7.87. The van der Waals surface area contributed by atoms with E-state index < -0.39 is 0 Å². The Kier molecular flexibility index (Phi) is 5.01. The van der Waals surface area contributed by atoms with Crippen LogP contribution in [0.3, 0.4) is 0 Å². The molecule has 0 fully saturated rings. The summed E-state index contributed by atoms with van der Waals surface area (Å²) in [6, 6.07) is 37.8. The Morgan fingerprint density at radius 2 is 1.25 bits per heavy atom. The number of aromatic nitrogens is 3. The van der Waals surface area contributed by atoms with Gasteiger partial charge in [-0.3, -0.25) is 0 Å². The van der Waals surface area contributed by atoms with Crippen molar-refractivity contribution in [1.82, 2.24) is 15.0 Å². The first-order chi connectivity index (χ1) is 17.7.